The van der Waals surface area contributed by atoms with Crippen LogP contribution in [0.25, 0.3) is 0 Å². The van der Waals surface area contributed by atoms with Gasteiger partial charge in [-0.3, -0.25) is 4.79 Å². The summed E-state index contributed by atoms with van der Waals surface area (Å²) in [5, 5.41) is 3.92. The summed E-state index contributed by atoms with van der Waals surface area (Å²) in [5.41, 5.74) is 0.691. The lowest BCUT2D eigenvalue weighted by atomic mass is 9.89. The topological polar surface area (TPSA) is 63.9 Å². The highest BCUT2D eigenvalue weighted by Crippen LogP contribution is 2.32. The Balaban J connectivity index is 1.30. The molecule has 0 atom stereocenters. The number of nitrogens with one attached hydrogen (secondary N) is 1. The van der Waals surface area contributed by atoms with Crippen LogP contribution >= 0.6 is 12.2 Å². The molecule has 3 heterocycles. The standard InChI is InChI=1S/C20H22N2O4S/c23-19(15-3-4-17-18(12-15)26-11-10-25-17)14-5-7-22(8-6-14)20(27)21-13-16-2-1-9-24-16/h1-4,9,12,14H,5-8,10-11,13H2,(H,21,27). The van der Waals surface area contributed by atoms with Gasteiger partial charge in [0.15, 0.2) is 22.4 Å². The molecule has 2 aromatic rings. The van der Waals surface area contributed by atoms with E-state index in [2.05, 4.69) is 10.2 Å². The van der Waals surface area contributed by atoms with Crippen LogP contribution in [-0.4, -0.2) is 42.1 Å². The first-order chi connectivity index (χ1) is 13.2. The summed E-state index contributed by atoms with van der Waals surface area (Å²) < 4.78 is 16.4. The van der Waals surface area contributed by atoms with E-state index < -0.39 is 0 Å². The zero-order valence-corrected chi connectivity index (χ0v) is 15.8. The van der Waals surface area contributed by atoms with Crippen LogP contribution in [0, 0.1) is 5.92 Å². The van der Waals surface area contributed by atoms with Gasteiger partial charge in [-0.15, -0.1) is 0 Å². The molecule has 6 nitrogen and oxygen atoms in total. The number of thiocarbonyl (C=S) groups is 1. The van der Waals surface area contributed by atoms with Gasteiger partial charge in [0.2, 0.25) is 0 Å². The number of nitrogens with zero attached hydrogens (tertiary/aromatic N) is 1. The Morgan fingerprint density at radius 1 is 1.15 bits per heavy atom. The van der Waals surface area contributed by atoms with E-state index in [0.717, 1.165) is 31.7 Å². The Hall–Kier alpha value is -2.54. The van der Waals surface area contributed by atoms with E-state index in [1.807, 2.05) is 24.3 Å². The molecule has 2 aliphatic rings. The highest BCUT2D eigenvalue weighted by molar-refractivity contribution is 7.80. The van der Waals surface area contributed by atoms with Crippen LogP contribution in [0.5, 0.6) is 11.5 Å². The first-order valence-corrected chi connectivity index (χ1v) is 9.60. The molecule has 1 aromatic heterocycles. The predicted molar refractivity (Wildman–Crippen MR) is 104 cm³/mol. The van der Waals surface area contributed by atoms with Gasteiger partial charge < -0.3 is 24.1 Å². The number of benzene rings is 1. The number of piperidine rings is 1. The van der Waals surface area contributed by atoms with Crippen molar-refractivity contribution in [1.29, 1.82) is 0 Å². The Labute approximate surface area is 163 Å². The van der Waals surface area contributed by atoms with Crippen LogP contribution < -0.4 is 14.8 Å². The minimum atomic E-state index is 0.0108. The number of furan rings is 1. The zero-order valence-electron chi connectivity index (χ0n) is 15.0. The van der Waals surface area contributed by atoms with E-state index in [0.29, 0.717) is 41.9 Å². The van der Waals surface area contributed by atoms with Crippen LogP contribution in [0.4, 0.5) is 0 Å². The molecule has 0 aliphatic carbocycles. The Kier molecular flexibility index (Phi) is 5.29. The number of hydrogen-bond acceptors (Lipinski definition) is 5. The van der Waals surface area contributed by atoms with Crippen LogP contribution in [-0.2, 0) is 6.54 Å². The zero-order chi connectivity index (χ0) is 18.6. The lowest BCUT2D eigenvalue weighted by molar-refractivity contribution is 0.0870. The third-order valence-corrected chi connectivity index (χ3v) is 5.38. The lowest BCUT2D eigenvalue weighted by Gasteiger charge is -2.33. The second kappa shape index (κ2) is 8.00. The van der Waals surface area contributed by atoms with Crippen LogP contribution in [0.3, 0.4) is 0 Å². The number of ketones is 1. The molecule has 1 saturated heterocycles. The van der Waals surface area contributed by atoms with Crippen molar-refractivity contribution >= 4 is 23.1 Å². The van der Waals surface area contributed by atoms with Crippen molar-refractivity contribution in [2.24, 2.45) is 5.92 Å². The SMILES string of the molecule is O=C(c1ccc2c(c1)OCCO2)C1CCN(C(=S)NCc2ccco2)CC1. The fourth-order valence-corrected chi connectivity index (χ4v) is 3.72. The minimum absolute atomic E-state index is 0.0108. The molecule has 27 heavy (non-hydrogen) atoms. The molecule has 7 heteroatoms. The first kappa shape index (κ1) is 17.9. The predicted octanol–water partition coefficient (Wildman–Crippen LogP) is 3.02. The second-order valence-electron chi connectivity index (χ2n) is 6.72. The van der Waals surface area contributed by atoms with Gasteiger partial charge in [-0.2, -0.15) is 0 Å². The van der Waals surface area contributed by atoms with Crippen molar-refractivity contribution in [2.75, 3.05) is 26.3 Å². The summed E-state index contributed by atoms with van der Waals surface area (Å²) in [4.78, 5) is 15.0. The van der Waals surface area contributed by atoms with Gasteiger partial charge in [0.05, 0.1) is 12.8 Å². The third kappa shape index (κ3) is 4.08. The van der Waals surface area contributed by atoms with E-state index in [4.69, 9.17) is 26.1 Å². The van der Waals surface area contributed by atoms with Crippen molar-refractivity contribution < 1.29 is 18.7 Å². The number of hydrogen-bond donors (Lipinski definition) is 1. The fraction of sp³-hybridized carbons (Fsp3) is 0.400. The van der Waals surface area contributed by atoms with Gasteiger partial charge >= 0.3 is 0 Å². The smallest absolute Gasteiger partial charge is 0.169 e. The molecule has 0 spiro atoms. The fourth-order valence-electron chi connectivity index (χ4n) is 3.46. The highest BCUT2D eigenvalue weighted by Gasteiger charge is 2.27. The average molecular weight is 386 g/mol. The van der Waals surface area contributed by atoms with Crippen molar-refractivity contribution in [1.82, 2.24) is 10.2 Å². The number of likely N-dealkylation sites (tertiary alicyclic amines) is 1. The van der Waals surface area contributed by atoms with Gasteiger partial charge in [0, 0.05) is 24.6 Å². The van der Waals surface area contributed by atoms with E-state index in [-0.39, 0.29) is 11.7 Å². The molecule has 1 N–H and O–H groups in total. The Morgan fingerprint density at radius 2 is 1.93 bits per heavy atom. The molecule has 1 aromatic carbocycles. The van der Waals surface area contributed by atoms with Crippen LogP contribution in [0.15, 0.2) is 41.0 Å². The highest BCUT2D eigenvalue weighted by atomic mass is 32.1. The maximum atomic E-state index is 12.9. The molecule has 0 saturated carbocycles. The summed E-state index contributed by atoms with van der Waals surface area (Å²) in [7, 11) is 0. The van der Waals surface area contributed by atoms with Gasteiger partial charge in [-0.05, 0) is 55.4 Å². The minimum Gasteiger partial charge on any atom is -0.486 e. The molecule has 4 rings (SSSR count). The molecular weight excluding hydrogens is 364 g/mol. The summed E-state index contributed by atoms with van der Waals surface area (Å²) in [6, 6.07) is 9.23. The molecule has 0 radical (unpaired) electrons. The van der Waals surface area contributed by atoms with E-state index >= 15 is 0 Å². The van der Waals surface area contributed by atoms with E-state index in [1.165, 1.54) is 0 Å². The van der Waals surface area contributed by atoms with Gasteiger partial charge in [-0.1, -0.05) is 0 Å². The van der Waals surface area contributed by atoms with E-state index in [9.17, 15) is 4.79 Å². The van der Waals surface area contributed by atoms with Crippen LogP contribution in [0.2, 0.25) is 0 Å². The van der Waals surface area contributed by atoms with Crippen molar-refractivity contribution in [2.45, 2.75) is 19.4 Å². The summed E-state index contributed by atoms with van der Waals surface area (Å²) in [6.45, 7) is 3.18. The maximum Gasteiger partial charge on any atom is 0.169 e. The number of fused-ring (bicyclic) bond motifs is 1. The van der Waals surface area contributed by atoms with Crippen molar-refractivity contribution in [3.8, 4) is 11.5 Å². The summed E-state index contributed by atoms with van der Waals surface area (Å²) >= 11 is 5.47. The summed E-state index contributed by atoms with van der Waals surface area (Å²) in [5.74, 6) is 2.40. The number of Topliss-reactive ketones (excluding diaryl/α,β-unsaturated/α-hetero) is 1. The normalized spacial score (nSPS) is 16.8. The lowest BCUT2D eigenvalue weighted by Crippen LogP contribution is -2.45. The maximum absolute atomic E-state index is 12.9. The molecule has 0 amide bonds. The van der Waals surface area contributed by atoms with E-state index in [1.54, 1.807) is 12.3 Å². The molecule has 1 fully saturated rings. The van der Waals surface area contributed by atoms with Gasteiger partial charge in [-0.25, -0.2) is 0 Å². The number of carbonyl (C=O) groups excluding carboxylic acids is 1. The largest absolute Gasteiger partial charge is 0.486 e. The number of carbonyl (C=O) groups is 1. The third-order valence-electron chi connectivity index (χ3n) is 4.97. The molecular formula is C20H22N2O4S. The molecule has 2 aliphatic heterocycles. The van der Waals surface area contributed by atoms with Crippen molar-refractivity contribution in [3.05, 3.63) is 47.9 Å². The van der Waals surface area contributed by atoms with Gasteiger partial charge in [0.1, 0.15) is 19.0 Å². The van der Waals surface area contributed by atoms with Crippen LogP contribution in [0.1, 0.15) is 29.0 Å². The Bertz CT molecular complexity index is 813. The number of ether oxygens (including phenoxy) is 2. The first-order valence-electron chi connectivity index (χ1n) is 9.20. The average Bonchev–Trinajstić information content (AvgIpc) is 3.25. The molecule has 0 unspecified atom stereocenters. The monoisotopic (exact) mass is 386 g/mol. The Morgan fingerprint density at radius 3 is 2.67 bits per heavy atom. The summed E-state index contributed by atoms with van der Waals surface area (Å²) in [6.07, 6.45) is 3.22. The molecule has 0 bridgehead atoms. The van der Waals surface area contributed by atoms with Gasteiger partial charge in [0.25, 0.3) is 0 Å². The second-order valence-corrected chi connectivity index (χ2v) is 7.11. The van der Waals surface area contributed by atoms with Crippen molar-refractivity contribution in [3.63, 3.8) is 0 Å². The quantitative estimate of drug-likeness (QED) is 0.640. The number of rotatable bonds is 4. The molecule has 142 valence electrons.